The minimum absolute atomic E-state index is 0.0348. The van der Waals surface area contributed by atoms with Crippen LogP contribution in [0.3, 0.4) is 0 Å². The summed E-state index contributed by atoms with van der Waals surface area (Å²) in [4.78, 5) is 97.1. The largest absolute Gasteiger partial charge is 0.549 e. The summed E-state index contributed by atoms with van der Waals surface area (Å²) in [6.45, 7) is 1.75. The van der Waals surface area contributed by atoms with Gasteiger partial charge in [0.2, 0.25) is 18.6 Å². The maximum atomic E-state index is 13.6. The Labute approximate surface area is 317 Å². The number of pyridine rings is 1. The molecule has 2 aliphatic heterocycles. The number of carbonyl (C=O) groups is 7. The molecule has 2 aliphatic rings. The molecule has 0 radical (unpaired) electrons. The number of nitrogens with one attached hydrogen (secondary N) is 1. The lowest BCUT2D eigenvalue weighted by molar-refractivity contribution is -0.686. The number of hydrogen-bond donors (Lipinski definition) is 4. The van der Waals surface area contributed by atoms with Gasteiger partial charge in [-0.05, 0) is 12.1 Å². The zero-order valence-electron chi connectivity index (χ0n) is 28.2. The van der Waals surface area contributed by atoms with Gasteiger partial charge in [0, 0.05) is 65.3 Å². The second-order valence-electron chi connectivity index (χ2n) is 11.8. The number of thioether (sulfide) groups is 2. The zero-order valence-corrected chi connectivity index (χ0v) is 30.6. The minimum atomic E-state index is -1.89. The van der Waals surface area contributed by atoms with E-state index in [0.717, 1.165) is 43.0 Å². The first kappa shape index (κ1) is 39.5. The summed E-state index contributed by atoms with van der Waals surface area (Å²) >= 11 is 3.28. The summed E-state index contributed by atoms with van der Waals surface area (Å²) in [5.74, 6) is -7.44. The van der Waals surface area contributed by atoms with Gasteiger partial charge in [-0.15, -0.1) is 34.9 Å². The molecule has 2 aromatic heterocycles. The number of fused-ring (bicyclic) bond motifs is 1. The van der Waals surface area contributed by atoms with E-state index in [2.05, 4.69) is 15.5 Å². The summed E-state index contributed by atoms with van der Waals surface area (Å²) in [7, 11) is 0. The lowest BCUT2D eigenvalue weighted by atomic mass is 9.89. The maximum absolute atomic E-state index is 13.6. The van der Waals surface area contributed by atoms with Gasteiger partial charge >= 0.3 is 23.9 Å². The fourth-order valence-electron chi connectivity index (χ4n) is 5.25. The van der Waals surface area contributed by atoms with E-state index in [1.807, 2.05) is 0 Å². The standard InChI is InChI=1S/C32H30N6O13S3/c1-15(39)49-20-4-3-17(9-21(20)50-16(2)40)25(29(45)46)51-36-23(19-11-52-31(33)34-19)26(43)35-24-27(44)38-12-32(30(47)48,14-54-28(24)38)13-53-18-5-7-37(8-6-18)10-22(41)42/h3-9,11,24-25,28H,10,12-14H2,1-2H3,(H5-,33,34,35,41,42,43,45,46,47,48)/t24?,25?,28-,32?/m1/s1. The Morgan fingerprint density at radius 3 is 2.41 bits per heavy atom. The molecular weight excluding hydrogens is 773 g/mol. The fourth-order valence-corrected chi connectivity index (χ4v) is 8.53. The Hall–Kier alpha value is -5.74. The van der Waals surface area contributed by atoms with Gasteiger partial charge in [-0.25, -0.2) is 14.6 Å². The number of nitrogens with zero attached hydrogens (tertiary/aromatic N) is 4. The summed E-state index contributed by atoms with van der Waals surface area (Å²) in [5.41, 5.74) is 3.56. The van der Waals surface area contributed by atoms with Crippen molar-refractivity contribution in [2.24, 2.45) is 10.6 Å². The zero-order chi connectivity index (χ0) is 39.3. The molecule has 2 fully saturated rings. The fraction of sp³-hybridized carbons (Fsp3) is 0.312. The first-order valence-corrected chi connectivity index (χ1v) is 18.4. The molecule has 5 N–H and O–H groups in total. The van der Waals surface area contributed by atoms with Crippen LogP contribution in [0.15, 0.2) is 58.2 Å². The predicted molar refractivity (Wildman–Crippen MR) is 186 cm³/mol. The number of oxime groups is 1. The number of rotatable bonds is 15. The number of thiazole rings is 1. The van der Waals surface area contributed by atoms with Crippen molar-refractivity contribution in [2.75, 3.05) is 23.8 Å². The van der Waals surface area contributed by atoms with Crippen molar-refractivity contribution in [2.45, 2.75) is 42.8 Å². The third-order valence-electron chi connectivity index (χ3n) is 7.79. The molecule has 3 aromatic rings. The third-order valence-corrected chi connectivity index (χ3v) is 11.4. The van der Waals surface area contributed by atoms with E-state index in [1.165, 1.54) is 38.7 Å². The molecule has 2 amide bonds. The number of ether oxygens (including phenoxy) is 2. The Balaban J connectivity index is 1.31. The molecule has 22 heteroatoms. The van der Waals surface area contributed by atoms with Crippen LogP contribution >= 0.6 is 34.9 Å². The number of nitrogens with two attached hydrogens (primary N) is 1. The molecule has 54 heavy (non-hydrogen) atoms. The average Bonchev–Trinajstić information content (AvgIpc) is 3.53. The highest BCUT2D eigenvalue weighted by Crippen LogP contribution is 2.44. The molecule has 284 valence electrons. The number of aromatic nitrogens is 2. The Kier molecular flexibility index (Phi) is 12.1. The number of hydrogen-bond acceptors (Lipinski definition) is 17. The highest BCUT2D eigenvalue weighted by atomic mass is 32.2. The van der Waals surface area contributed by atoms with Gasteiger partial charge in [-0.2, -0.15) is 4.57 Å². The Morgan fingerprint density at radius 1 is 1.13 bits per heavy atom. The van der Waals surface area contributed by atoms with Gasteiger partial charge in [0.1, 0.15) is 17.1 Å². The smallest absolute Gasteiger partial charge is 0.370 e. The van der Waals surface area contributed by atoms with Gasteiger partial charge in [0.15, 0.2) is 34.7 Å². The number of carbonyl (C=O) groups excluding carboxylic acids is 5. The Morgan fingerprint density at radius 2 is 1.81 bits per heavy atom. The topological polar surface area (TPSA) is 281 Å². The molecule has 0 aliphatic carbocycles. The van der Waals surface area contributed by atoms with E-state index in [-0.39, 0.29) is 52.5 Å². The first-order valence-electron chi connectivity index (χ1n) is 15.5. The van der Waals surface area contributed by atoms with Gasteiger partial charge in [-0.1, -0.05) is 11.2 Å². The van der Waals surface area contributed by atoms with E-state index < -0.39 is 70.3 Å². The number of amides is 2. The second-order valence-corrected chi connectivity index (χ2v) is 14.8. The van der Waals surface area contributed by atoms with Gasteiger partial charge in [0.25, 0.3) is 5.91 Å². The van der Waals surface area contributed by atoms with Crippen LogP contribution in [0.25, 0.3) is 0 Å². The van der Waals surface area contributed by atoms with Crippen LogP contribution in [0.4, 0.5) is 5.13 Å². The molecule has 1 aromatic carbocycles. The number of carboxylic acid groups (broad SMARTS) is 3. The van der Waals surface area contributed by atoms with Crippen molar-refractivity contribution >= 4 is 87.4 Å². The monoisotopic (exact) mass is 802 g/mol. The van der Waals surface area contributed by atoms with E-state index in [1.54, 1.807) is 24.5 Å². The first-order chi connectivity index (χ1) is 25.6. The van der Waals surface area contributed by atoms with Crippen molar-refractivity contribution in [3.63, 3.8) is 0 Å². The van der Waals surface area contributed by atoms with E-state index >= 15 is 0 Å². The molecule has 0 spiro atoms. The molecule has 0 bridgehead atoms. The van der Waals surface area contributed by atoms with Gasteiger partial charge < -0.3 is 50.4 Å². The third kappa shape index (κ3) is 9.06. The highest BCUT2D eigenvalue weighted by Gasteiger charge is 2.55. The molecule has 4 atom stereocenters. The molecule has 4 heterocycles. The molecule has 2 saturated heterocycles. The maximum Gasteiger partial charge on any atom is 0.370 e. The summed E-state index contributed by atoms with van der Waals surface area (Å²) in [6.07, 6.45) is 1.21. The van der Waals surface area contributed by atoms with Crippen molar-refractivity contribution in [1.29, 1.82) is 0 Å². The normalized spacial score (nSPS) is 19.8. The summed E-state index contributed by atoms with van der Waals surface area (Å²) in [6, 6.07) is 5.65. The van der Waals surface area contributed by atoms with Crippen LogP contribution in [0.5, 0.6) is 11.5 Å². The van der Waals surface area contributed by atoms with Crippen molar-refractivity contribution in [3.05, 3.63) is 59.4 Å². The van der Waals surface area contributed by atoms with Crippen molar-refractivity contribution < 1.29 is 67.8 Å². The average molecular weight is 803 g/mol. The summed E-state index contributed by atoms with van der Waals surface area (Å²) < 4.78 is 11.5. The number of esters is 2. The van der Waals surface area contributed by atoms with Crippen molar-refractivity contribution in [1.82, 2.24) is 15.2 Å². The number of carboxylic acids is 3. The van der Waals surface area contributed by atoms with Crippen molar-refractivity contribution in [3.8, 4) is 11.5 Å². The quantitative estimate of drug-likeness (QED) is 0.0285. The van der Waals surface area contributed by atoms with E-state index in [9.17, 15) is 43.8 Å². The summed E-state index contributed by atoms with van der Waals surface area (Å²) in [5, 5.41) is 38.4. The number of β-lactam (4-membered cyclic amide) rings is 1. The number of aliphatic carboxylic acids is 3. The highest BCUT2D eigenvalue weighted by molar-refractivity contribution is 8.00. The lowest BCUT2D eigenvalue weighted by Gasteiger charge is -2.55. The lowest BCUT2D eigenvalue weighted by Crippen LogP contribution is -2.75. The SMILES string of the molecule is CC(=O)Oc1ccc(C(ON=C(C(=O)NC2C(=O)N3CC(CSc4cc[n+](CC(=O)O)cc4)(C(=O)[O-])CS[C@H]23)c2csc(N)n2)C(=O)O)cc1OC(C)=O. The van der Waals surface area contributed by atoms with E-state index in [0.29, 0.717) is 4.90 Å². The molecular formula is C32H30N6O13S3. The van der Waals surface area contributed by atoms with Crippen LogP contribution < -0.4 is 30.2 Å². The second kappa shape index (κ2) is 16.5. The molecule has 5 rings (SSSR count). The number of anilines is 1. The number of nitrogen functional groups attached to an aromatic ring is 1. The van der Waals surface area contributed by atoms with E-state index in [4.69, 9.17) is 25.2 Å². The molecule has 0 saturated carbocycles. The predicted octanol–water partition coefficient (Wildman–Crippen LogP) is -0.577. The number of benzene rings is 1. The van der Waals surface area contributed by atoms with Crippen LogP contribution in [-0.2, 0) is 44.9 Å². The molecule has 19 nitrogen and oxygen atoms in total. The minimum Gasteiger partial charge on any atom is -0.549 e. The Bertz CT molecular complexity index is 2040. The van der Waals surface area contributed by atoms with Gasteiger partial charge in [-0.3, -0.25) is 19.2 Å². The van der Waals surface area contributed by atoms with Crippen LogP contribution in [0.2, 0.25) is 0 Å². The van der Waals surface area contributed by atoms with Crippen LogP contribution in [0, 0.1) is 5.41 Å². The van der Waals surface area contributed by atoms with Crippen LogP contribution in [0.1, 0.15) is 31.2 Å². The molecule has 3 unspecified atom stereocenters. The van der Waals surface area contributed by atoms with Crippen LogP contribution in [-0.4, -0.2) is 96.9 Å². The van der Waals surface area contributed by atoms with Gasteiger partial charge in [0.05, 0.1) is 5.97 Å².